The average Bonchev–Trinajstić information content (AvgIpc) is 2.81. The van der Waals surface area contributed by atoms with Gasteiger partial charge in [-0.15, -0.1) is 5.10 Å². The van der Waals surface area contributed by atoms with Gasteiger partial charge in [-0.3, -0.25) is 0 Å². The first kappa shape index (κ1) is 16.5. The highest BCUT2D eigenvalue weighted by atomic mass is 79.9. The Kier molecular flexibility index (Phi) is 5.87. The van der Waals surface area contributed by atoms with Crippen LogP contribution in [0.5, 0.6) is 0 Å². The van der Waals surface area contributed by atoms with Crippen molar-refractivity contribution in [3.8, 4) is 0 Å². The standard InChI is InChI=1S/C13H15BrCl2N4O/c1-7(2)5-17-6-11-19-20-13(21-11)18-12-9(15)3-8(14)4-10(12)16/h3-4,7,17H,5-6H2,1-2H3,(H,18,20). The zero-order valence-corrected chi connectivity index (χ0v) is 14.7. The lowest BCUT2D eigenvalue weighted by molar-refractivity contribution is 0.460. The van der Waals surface area contributed by atoms with E-state index < -0.39 is 0 Å². The van der Waals surface area contributed by atoms with E-state index >= 15 is 0 Å². The van der Waals surface area contributed by atoms with Gasteiger partial charge in [0, 0.05) is 4.47 Å². The summed E-state index contributed by atoms with van der Waals surface area (Å²) < 4.78 is 6.28. The summed E-state index contributed by atoms with van der Waals surface area (Å²) in [5.41, 5.74) is 0.534. The molecule has 0 fully saturated rings. The molecule has 0 saturated heterocycles. The largest absolute Gasteiger partial charge is 0.406 e. The maximum absolute atomic E-state index is 6.13. The van der Waals surface area contributed by atoms with E-state index in [0.29, 0.717) is 34.1 Å². The van der Waals surface area contributed by atoms with Crippen LogP contribution in [0.4, 0.5) is 11.7 Å². The molecule has 0 spiro atoms. The Morgan fingerprint density at radius 2 is 1.90 bits per heavy atom. The molecule has 21 heavy (non-hydrogen) atoms. The molecule has 2 N–H and O–H groups in total. The van der Waals surface area contributed by atoms with Gasteiger partial charge in [-0.1, -0.05) is 58.1 Å². The summed E-state index contributed by atoms with van der Waals surface area (Å²) in [4.78, 5) is 0. The van der Waals surface area contributed by atoms with E-state index in [-0.39, 0.29) is 6.01 Å². The van der Waals surface area contributed by atoms with E-state index in [0.717, 1.165) is 11.0 Å². The van der Waals surface area contributed by atoms with E-state index in [1.165, 1.54) is 0 Å². The first-order valence-electron chi connectivity index (χ1n) is 6.40. The summed E-state index contributed by atoms with van der Waals surface area (Å²) in [6.45, 7) is 5.67. The molecule has 0 aliphatic heterocycles. The van der Waals surface area contributed by atoms with Gasteiger partial charge in [0.25, 0.3) is 0 Å². The number of aromatic nitrogens is 2. The molecule has 0 aliphatic rings. The molecule has 1 aromatic heterocycles. The van der Waals surface area contributed by atoms with Crippen LogP contribution in [0.15, 0.2) is 21.0 Å². The van der Waals surface area contributed by atoms with Gasteiger partial charge in [0.15, 0.2) is 0 Å². The fourth-order valence-electron chi connectivity index (χ4n) is 1.61. The zero-order valence-electron chi connectivity index (χ0n) is 11.6. The van der Waals surface area contributed by atoms with Crippen LogP contribution in [0.1, 0.15) is 19.7 Å². The smallest absolute Gasteiger partial charge is 0.320 e. The highest BCUT2D eigenvalue weighted by Gasteiger charge is 2.12. The van der Waals surface area contributed by atoms with Crippen molar-refractivity contribution in [1.82, 2.24) is 15.5 Å². The van der Waals surface area contributed by atoms with Gasteiger partial charge in [-0.05, 0) is 24.6 Å². The molecule has 2 rings (SSSR count). The van der Waals surface area contributed by atoms with Crippen LogP contribution in [0.25, 0.3) is 0 Å². The number of benzene rings is 1. The molecule has 8 heteroatoms. The minimum absolute atomic E-state index is 0.252. The molecule has 1 heterocycles. The van der Waals surface area contributed by atoms with Gasteiger partial charge in [0.1, 0.15) is 0 Å². The van der Waals surface area contributed by atoms with Gasteiger partial charge in [0.2, 0.25) is 5.89 Å². The molecule has 0 amide bonds. The number of nitrogens with zero attached hydrogens (tertiary/aromatic N) is 2. The fourth-order valence-corrected chi connectivity index (χ4v) is 2.91. The quantitative estimate of drug-likeness (QED) is 0.749. The fraction of sp³-hybridized carbons (Fsp3) is 0.385. The first-order chi connectivity index (χ1) is 9.95. The van der Waals surface area contributed by atoms with Crippen LogP contribution in [-0.2, 0) is 6.54 Å². The Hall–Kier alpha value is -0.820. The molecule has 0 aliphatic carbocycles. The number of anilines is 2. The summed E-state index contributed by atoms with van der Waals surface area (Å²) >= 11 is 15.6. The van der Waals surface area contributed by atoms with E-state index in [2.05, 4.69) is 50.6 Å². The van der Waals surface area contributed by atoms with Crippen LogP contribution in [0.3, 0.4) is 0 Å². The van der Waals surface area contributed by atoms with Crippen molar-refractivity contribution < 1.29 is 4.42 Å². The van der Waals surface area contributed by atoms with Crippen LogP contribution >= 0.6 is 39.1 Å². The van der Waals surface area contributed by atoms with Crippen molar-refractivity contribution in [1.29, 1.82) is 0 Å². The summed E-state index contributed by atoms with van der Waals surface area (Å²) in [5.74, 6) is 1.06. The summed E-state index contributed by atoms with van der Waals surface area (Å²) in [6, 6.07) is 3.72. The third-order valence-corrected chi connectivity index (χ3v) is 3.59. The van der Waals surface area contributed by atoms with Gasteiger partial charge in [0.05, 0.1) is 22.3 Å². The molecule has 5 nitrogen and oxygen atoms in total. The molecular formula is C13H15BrCl2N4O. The van der Waals surface area contributed by atoms with Gasteiger partial charge >= 0.3 is 6.01 Å². The maximum atomic E-state index is 6.13. The third kappa shape index (κ3) is 4.85. The number of nitrogens with one attached hydrogen (secondary N) is 2. The lowest BCUT2D eigenvalue weighted by atomic mass is 10.2. The second-order valence-electron chi connectivity index (χ2n) is 4.90. The topological polar surface area (TPSA) is 63.0 Å². The predicted molar refractivity (Wildman–Crippen MR) is 88.3 cm³/mol. The molecule has 0 radical (unpaired) electrons. The Labute approximate surface area is 141 Å². The van der Waals surface area contributed by atoms with Gasteiger partial charge < -0.3 is 15.1 Å². The third-order valence-electron chi connectivity index (χ3n) is 2.53. The Balaban J connectivity index is 2.03. The number of hydrogen-bond donors (Lipinski definition) is 2. The Morgan fingerprint density at radius 1 is 1.24 bits per heavy atom. The monoisotopic (exact) mass is 392 g/mol. The second-order valence-corrected chi connectivity index (χ2v) is 6.63. The average molecular weight is 394 g/mol. The summed E-state index contributed by atoms with van der Waals surface area (Å²) in [6.07, 6.45) is 0. The van der Waals surface area contributed by atoms with E-state index in [9.17, 15) is 0 Å². The summed E-state index contributed by atoms with van der Waals surface area (Å²) in [7, 11) is 0. The molecule has 1 aromatic carbocycles. The second kappa shape index (κ2) is 7.45. The minimum atomic E-state index is 0.252. The van der Waals surface area contributed by atoms with Crippen LogP contribution in [0, 0.1) is 5.92 Å². The summed E-state index contributed by atoms with van der Waals surface area (Å²) in [5, 5.41) is 15.0. The lowest BCUT2D eigenvalue weighted by Gasteiger charge is -2.07. The van der Waals surface area contributed by atoms with Crippen LogP contribution < -0.4 is 10.6 Å². The highest BCUT2D eigenvalue weighted by molar-refractivity contribution is 9.10. The molecule has 114 valence electrons. The van der Waals surface area contributed by atoms with Crippen molar-refractivity contribution in [2.45, 2.75) is 20.4 Å². The zero-order chi connectivity index (χ0) is 15.4. The number of halogens is 3. The SMILES string of the molecule is CC(C)CNCc1nnc(Nc2c(Cl)cc(Br)cc2Cl)o1. The van der Waals surface area contributed by atoms with Crippen LogP contribution in [0.2, 0.25) is 10.0 Å². The predicted octanol–water partition coefficient (Wildman–Crippen LogP) is 4.63. The maximum Gasteiger partial charge on any atom is 0.320 e. The van der Waals surface area contributed by atoms with Crippen molar-refractivity contribution in [3.05, 3.63) is 32.5 Å². The lowest BCUT2D eigenvalue weighted by Crippen LogP contribution is -2.19. The molecule has 2 aromatic rings. The normalized spacial score (nSPS) is 11.1. The van der Waals surface area contributed by atoms with Crippen molar-refractivity contribution in [2.24, 2.45) is 5.92 Å². The molecule has 0 unspecified atom stereocenters. The Morgan fingerprint density at radius 3 is 2.52 bits per heavy atom. The Bertz CT molecular complexity index is 595. The molecule has 0 atom stereocenters. The molecule has 0 saturated carbocycles. The number of hydrogen-bond acceptors (Lipinski definition) is 5. The molecule has 0 bridgehead atoms. The van der Waals surface area contributed by atoms with Crippen LogP contribution in [-0.4, -0.2) is 16.7 Å². The van der Waals surface area contributed by atoms with E-state index in [1.54, 1.807) is 12.1 Å². The number of rotatable bonds is 6. The van der Waals surface area contributed by atoms with E-state index in [1.807, 2.05) is 0 Å². The van der Waals surface area contributed by atoms with Gasteiger partial charge in [-0.25, -0.2) is 0 Å². The van der Waals surface area contributed by atoms with Crippen molar-refractivity contribution >= 4 is 50.8 Å². The molecular weight excluding hydrogens is 379 g/mol. The minimum Gasteiger partial charge on any atom is -0.406 e. The van der Waals surface area contributed by atoms with E-state index in [4.69, 9.17) is 27.6 Å². The van der Waals surface area contributed by atoms with Crippen molar-refractivity contribution in [3.63, 3.8) is 0 Å². The highest BCUT2D eigenvalue weighted by Crippen LogP contribution is 2.35. The first-order valence-corrected chi connectivity index (χ1v) is 7.95. The van der Waals surface area contributed by atoms with Crippen molar-refractivity contribution in [2.75, 3.05) is 11.9 Å². The van der Waals surface area contributed by atoms with Gasteiger partial charge in [-0.2, -0.15) is 0 Å².